The van der Waals surface area contributed by atoms with Gasteiger partial charge in [-0.15, -0.1) is 0 Å². The van der Waals surface area contributed by atoms with Crippen LogP contribution in [0.4, 0.5) is 0 Å². The molecule has 0 aromatic carbocycles. The summed E-state index contributed by atoms with van der Waals surface area (Å²) in [5.41, 5.74) is 1.76. The summed E-state index contributed by atoms with van der Waals surface area (Å²) in [4.78, 5) is 29.0. The zero-order chi connectivity index (χ0) is 39.7. The van der Waals surface area contributed by atoms with E-state index in [4.69, 9.17) is 38.9 Å². The quantitative estimate of drug-likeness (QED) is 0.142. The summed E-state index contributed by atoms with van der Waals surface area (Å²) < 4.78 is 43.3. The first-order chi connectivity index (χ1) is 23.9. The zero-order valence-electron chi connectivity index (χ0n) is 33.5. The van der Waals surface area contributed by atoms with E-state index in [-0.39, 0.29) is 31.4 Å². The van der Waals surface area contributed by atoms with E-state index in [2.05, 4.69) is 0 Å². The lowest BCUT2D eigenvalue weighted by atomic mass is 9.79. The van der Waals surface area contributed by atoms with Gasteiger partial charge >= 0.3 is 11.9 Å². The largest absolute Gasteiger partial charge is 0.459 e. The lowest BCUT2D eigenvalue weighted by Crippen LogP contribution is -2.60. The molecule has 0 radical (unpaired) electrons. The molecular weight excluding hydrogens is 680 g/mol. The number of nitrogens with two attached hydrogens (primary N) is 1. The van der Waals surface area contributed by atoms with Crippen molar-refractivity contribution in [2.75, 3.05) is 21.2 Å². The molecule has 52 heavy (non-hydrogen) atoms. The standard InChI is InChI=1S/C37H68N2O13/c1-14-25(37(10,45)29(41)22(6)38)49-33(44)21(5)28(50-26-17-35(8,46-13)30(42)23(7)48-26)20(4)31(36(9)16-18(2)32(43)52-36)51-34-27(40)24(39(11)12)15-19(3)47-34/h18-31,34,40-42,45H,14-17,38H2,1-13H3/t18-,19-,20+,21-,22+,23+,24+,25+,26+,27-,28-,29-,30+,31-,34+,35-,36-,37-/m1/s1. The van der Waals surface area contributed by atoms with Gasteiger partial charge in [0.1, 0.15) is 41.7 Å². The van der Waals surface area contributed by atoms with Gasteiger partial charge in [0.25, 0.3) is 0 Å². The molecule has 3 saturated heterocycles. The van der Waals surface area contributed by atoms with Crippen molar-refractivity contribution in [1.29, 1.82) is 0 Å². The van der Waals surface area contributed by atoms with E-state index in [1.165, 1.54) is 14.0 Å². The molecule has 0 spiro atoms. The third-order valence-corrected chi connectivity index (χ3v) is 11.6. The normalized spacial score (nSPS) is 39.5. The minimum Gasteiger partial charge on any atom is -0.459 e. The number of carbonyl (C=O) groups is 2. The highest BCUT2D eigenvalue weighted by atomic mass is 16.7. The highest BCUT2D eigenvalue weighted by molar-refractivity contribution is 5.75. The number of aliphatic hydroxyl groups is 4. The molecule has 15 heteroatoms. The molecule has 3 aliphatic heterocycles. The first-order valence-corrected chi connectivity index (χ1v) is 18.7. The first-order valence-electron chi connectivity index (χ1n) is 18.7. The van der Waals surface area contributed by atoms with Gasteiger partial charge in [-0.25, -0.2) is 0 Å². The third-order valence-electron chi connectivity index (χ3n) is 11.6. The Morgan fingerprint density at radius 3 is 2.21 bits per heavy atom. The summed E-state index contributed by atoms with van der Waals surface area (Å²) in [7, 11) is 5.22. The molecule has 0 amide bonds. The Morgan fingerprint density at radius 1 is 1.10 bits per heavy atom. The van der Waals surface area contributed by atoms with Gasteiger partial charge in [-0.3, -0.25) is 9.59 Å². The van der Waals surface area contributed by atoms with Gasteiger partial charge in [0.05, 0.1) is 35.7 Å². The Hall–Kier alpha value is -1.50. The molecule has 0 bridgehead atoms. The number of hydrogen-bond acceptors (Lipinski definition) is 15. The molecule has 0 unspecified atom stereocenters. The maximum atomic E-state index is 14.1. The molecule has 18 atom stereocenters. The van der Waals surface area contributed by atoms with Crippen molar-refractivity contribution >= 4 is 11.9 Å². The molecule has 304 valence electrons. The third kappa shape index (κ3) is 9.65. The van der Waals surface area contributed by atoms with Crippen LogP contribution in [0.15, 0.2) is 0 Å². The van der Waals surface area contributed by atoms with E-state index >= 15 is 0 Å². The van der Waals surface area contributed by atoms with Gasteiger partial charge in [-0.2, -0.15) is 0 Å². The molecule has 3 aliphatic rings. The average Bonchev–Trinajstić information content (AvgIpc) is 3.34. The number of carbonyl (C=O) groups excluding carboxylic acids is 2. The smallest absolute Gasteiger partial charge is 0.311 e. The number of cyclic esters (lactones) is 1. The average molecular weight is 749 g/mol. The van der Waals surface area contributed by atoms with Crippen molar-refractivity contribution in [1.82, 2.24) is 4.90 Å². The predicted molar refractivity (Wildman–Crippen MR) is 190 cm³/mol. The van der Waals surface area contributed by atoms with Crippen molar-refractivity contribution in [3.05, 3.63) is 0 Å². The number of esters is 2. The number of hydrogen-bond donors (Lipinski definition) is 5. The van der Waals surface area contributed by atoms with Crippen molar-refractivity contribution in [2.45, 2.75) is 185 Å². The van der Waals surface area contributed by atoms with E-state index in [0.29, 0.717) is 6.42 Å². The number of ether oxygens (including phenoxy) is 7. The van der Waals surface area contributed by atoms with Gasteiger partial charge in [0, 0.05) is 38.0 Å². The Morgan fingerprint density at radius 2 is 1.71 bits per heavy atom. The monoisotopic (exact) mass is 748 g/mol. The van der Waals surface area contributed by atoms with E-state index < -0.39 is 108 Å². The van der Waals surface area contributed by atoms with Crippen LogP contribution in [0.1, 0.15) is 94.9 Å². The van der Waals surface area contributed by atoms with Crippen molar-refractivity contribution < 1.29 is 63.2 Å². The Balaban J connectivity index is 2.09. The lowest BCUT2D eigenvalue weighted by Gasteiger charge is -2.48. The fourth-order valence-electron chi connectivity index (χ4n) is 8.22. The molecule has 0 aromatic rings. The second kappa shape index (κ2) is 17.5. The van der Waals surface area contributed by atoms with Gasteiger partial charge in [0.2, 0.25) is 0 Å². The molecule has 3 fully saturated rings. The zero-order valence-corrected chi connectivity index (χ0v) is 33.5. The summed E-state index contributed by atoms with van der Waals surface area (Å²) in [5, 5.41) is 44.4. The number of aliphatic hydroxyl groups excluding tert-OH is 3. The molecule has 3 rings (SSSR count). The second-order valence-electron chi connectivity index (χ2n) is 16.5. The fourth-order valence-corrected chi connectivity index (χ4v) is 8.22. The van der Waals surface area contributed by atoms with Crippen molar-refractivity contribution in [3.8, 4) is 0 Å². The van der Waals surface area contributed by atoms with Crippen LogP contribution >= 0.6 is 0 Å². The highest BCUT2D eigenvalue weighted by Gasteiger charge is 2.56. The van der Waals surface area contributed by atoms with Crippen LogP contribution in [-0.4, -0.2) is 149 Å². The molecule has 0 aromatic heterocycles. The topological polar surface area (TPSA) is 209 Å². The molecule has 15 nitrogen and oxygen atoms in total. The van der Waals surface area contributed by atoms with Crippen LogP contribution in [0.2, 0.25) is 0 Å². The minimum atomic E-state index is -1.87. The summed E-state index contributed by atoms with van der Waals surface area (Å²) in [5.74, 6) is -3.41. The van der Waals surface area contributed by atoms with Crippen LogP contribution in [0.25, 0.3) is 0 Å². The maximum Gasteiger partial charge on any atom is 0.311 e. The molecule has 0 saturated carbocycles. The Kier molecular flexibility index (Phi) is 15.1. The number of rotatable bonds is 16. The van der Waals surface area contributed by atoms with E-state index in [0.717, 1.165) is 0 Å². The second-order valence-corrected chi connectivity index (χ2v) is 16.5. The predicted octanol–water partition coefficient (Wildman–Crippen LogP) is 1.48. The lowest BCUT2D eigenvalue weighted by molar-refractivity contribution is -0.316. The fraction of sp³-hybridized carbons (Fsp3) is 0.946. The summed E-state index contributed by atoms with van der Waals surface area (Å²) >= 11 is 0. The summed E-state index contributed by atoms with van der Waals surface area (Å²) in [6.07, 6.45) is -8.52. The summed E-state index contributed by atoms with van der Waals surface area (Å²) in [6, 6.07) is -1.10. The van der Waals surface area contributed by atoms with E-state index in [9.17, 15) is 30.0 Å². The van der Waals surface area contributed by atoms with E-state index in [1.54, 1.807) is 55.4 Å². The summed E-state index contributed by atoms with van der Waals surface area (Å²) in [6.45, 7) is 16.9. The SMILES string of the molecule is CC[C@H](OC(=O)[C@H](C)[C@H](O[C@H]1C[C@@](C)(OC)[C@@H](O)[C@H](C)O1)[C@H](C)[C@@H](O[C@@H]1O[C@H](C)C[C@H](N(C)C)[C@H]1O)[C@@]1(C)C[C@@H](C)C(=O)O1)[C@@](C)(O)[C@H](O)[C@H](C)N. The molecule has 3 heterocycles. The van der Waals surface area contributed by atoms with Crippen LogP contribution in [-0.2, 0) is 42.7 Å². The van der Waals surface area contributed by atoms with Crippen molar-refractivity contribution in [3.63, 3.8) is 0 Å². The Bertz CT molecular complexity index is 1190. The van der Waals surface area contributed by atoms with Crippen LogP contribution in [0, 0.1) is 17.8 Å². The minimum absolute atomic E-state index is 0.105. The van der Waals surface area contributed by atoms with Crippen LogP contribution < -0.4 is 5.73 Å². The number of likely N-dealkylation sites (N-methyl/N-ethyl adjacent to an activating group) is 1. The number of methoxy groups -OCH3 is 1. The molecule has 6 N–H and O–H groups in total. The first kappa shape index (κ1) is 44.9. The van der Waals surface area contributed by atoms with Gasteiger partial charge < -0.3 is 64.2 Å². The van der Waals surface area contributed by atoms with E-state index in [1.807, 2.05) is 25.9 Å². The van der Waals surface area contributed by atoms with Gasteiger partial charge in [0.15, 0.2) is 12.6 Å². The molecule has 0 aliphatic carbocycles. The number of nitrogens with zero attached hydrogens (tertiary/aromatic N) is 1. The molecular formula is C37H68N2O13. The van der Waals surface area contributed by atoms with Gasteiger partial charge in [-0.05, 0) is 75.4 Å². The van der Waals surface area contributed by atoms with Crippen molar-refractivity contribution in [2.24, 2.45) is 23.5 Å². The van der Waals surface area contributed by atoms with Gasteiger partial charge in [-0.1, -0.05) is 20.8 Å². The maximum absolute atomic E-state index is 14.1. The van der Waals surface area contributed by atoms with Crippen LogP contribution in [0.3, 0.4) is 0 Å². The highest BCUT2D eigenvalue weighted by Crippen LogP contribution is 2.43. The Labute approximate surface area is 309 Å². The van der Waals surface area contributed by atoms with Crippen LogP contribution in [0.5, 0.6) is 0 Å².